The molecule has 1 rings (SSSR count). The summed E-state index contributed by atoms with van der Waals surface area (Å²) in [4.78, 5) is 0. The van der Waals surface area contributed by atoms with Crippen molar-refractivity contribution in [3.63, 3.8) is 0 Å². The van der Waals surface area contributed by atoms with E-state index in [-0.39, 0.29) is 0 Å². The maximum Gasteiger partial charge on any atom is -0.0357 e. The number of rotatable bonds is 2. The monoisotopic (exact) mass is 126 g/mol. The van der Waals surface area contributed by atoms with Crippen LogP contribution in [0, 0.1) is 23.7 Å². The van der Waals surface area contributed by atoms with E-state index in [1.807, 2.05) is 0 Å². The summed E-state index contributed by atoms with van der Waals surface area (Å²) in [6.07, 6.45) is 1.50. The Morgan fingerprint density at radius 3 is 1.33 bits per heavy atom. The average Bonchev–Trinajstić information content (AvgIpc) is 2.39. The fourth-order valence-electron chi connectivity index (χ4n) is 1.77. The van der Waals surface area contributed by atoms with Gasteiger partial charge in [-0.3, -0.25) is 0 Å². The van der Waals surface area contributed by atoms with Gasteiger partial charge in [-0.25, -0.2) is 0 Å². The Morgan fingerprint density at radius 2 is 1.22 bits per heavy atom. The smallest absolute Gasteiger partial charge is 0.0357 e. The van der Waals surface area contributed by atoms with Crippen LogP contribution in [0.5, 0.6) is 0 Å². The summed E-state index contributed by atoms with van der Waals surface area (Å²) in [6, 6.07) is 0. The molecule has 0 nitrogen and oxygen atoms in total. The summed E-state index contributed by atoms with van der Waals surface area (Å²) in [5.41, 5.74) is 0. The number of hydrogen-bond donors (Lipinski definition) is 0. The van der Waals surface area contributed by atoms with Crippen molar-refractivity contribution in [2.45, 2.75) is 34.1 Å². The van der Waals surface area contributed by atoms with Crippen LogP contribution >= 0.6 is 0 Å². The van der Waals surface area contributed by atoms with E-state index < -0.39 is 0 Å². The van der Waals surface area contributed by atoms with Gasteiger partial charge in [-0.15, -0.1) is 0 Å². The first-order valence-electron chi connectivity index (χ1n) is 4.13. The van der Waals surface area contributed by atoms with E-state index in [4.69, 9.17) is 0 Å². The van der Waals surface area contributed by atoms with Crippen LogP contribution < -0.4 is 0 Å². The summed E-state index contributed by atoms with van der Waals surface area (Å²) >= 11 is 0. The van der Waals surface area contributed by atoms with Crippen molar-refractivity contribution < 1.29 is 0 Å². The van der Waals surface area contributed by atoms with E-state index in [1.165, 1.54) is 6.42 Å². The lowest BCUT2D eigenvalue weighted by Gasteiger charge is -2.04. The Balaban J connectivity index is 2.24. The van der Waals surface area contributed by atoms with Gasteiger partial charge in [-0.1, -0.05) is 27.7 Å². The summed E-state index contributed by atoms with van der Waals surface area (Å²) in [5, 5.41) is 0. The molecule has 1 aliphatic rings. The molecule has 0 N–H and O–H groups in total. The maximum absolute atomic E-state index is 2.34. The third kappa shape index (κ3) is 1.47. The van der Waals surface area contributed by atoms with Crippen LogP contribution in [0.15, 0.2) is 0 Å². The molecule has 2 atom stereocenters. The van der Waals surface area contributed by atoms with Gasteiger partial charge < -0.3 is 0 Å². The Morgan fingerprint density at radius 1 is 0.889 bits per heavy atom. The second-order valence-corrected chi connectivity index (χ2v) is 4.05. The highest BCUT2D eigenvalue weighted by Gasteiger charge is 2.40. The summed E-state index contributed by atoms with van der Waals surface area (Å²) < 4.78 is 0. The van der Waals surface area contributed by atoms with Crippen LogP contribution in [0.4, 0.5) is 0 Å². The molecule has 0 aromatic carbocycles. The summed E-state index contributed by atoms with van der Waals surface area (Å²) in [5.74, 6) is 3.98. The zero-order valence-electron chi connectivity index (χ0n) is 7.02. The van der Waals surface area contributed by atoms with Crippen molar-refractivity contribution in [3.8, 4) is 0 Å². The molecule has 0 heterocycles. The second-order valence-electron chi connectivity index (χ2n) is 4.05. The molecule has 1 saturated carbocycles. The van der Waals surface area contributed by atoms with Crippen LogP contribution in [0.3, 0.4) is 0 Å². The minimum Gasteiger partial charge on any atom is -0.0625 e. The predicted molar refractivity (Wildman–Crippen MR) is 41.3 cm³/mol. The lowest BCUT2D eigenvalue weighted by atomic mass is 10.0. The summed E-state index contributed by atoms with van der Waals surface area (Å²) in [6.45, 7) is 9.36. The zero-order chi connectivity index (χ0) is 7.02. The molecule has 2 unspecified atom stereocenters. The first-order valence-corrected chi connectivity index (χ1v) is 4.13. The maximum atomic E-state index is 2.34. The molecule has 0 bridgehead atoms. The van der Waals surface area contributed by atoms with Gasteiger partial charge in [-0.05, 0) is 30.1 Å². The molecule has 0 radical (unpaired) electrons. The molecule has 9 heavy (non-hydrogen) atoms. The fourth-order valence-corrected chi connectivity index (χ4v) is 1.77. The van der Waals surface area contributed by atoms with Crippen molar-refractivity contribution in [1.82, 2.24) is 0 Å². The van der Waals surface area contributed by atoms with Gasteiger partial charge in [0.05, 0.1) is 0 Å². The SMILES string of the molecule is CC(C)C1CC1C(C)C. The Labute approximate surface area is 58.7 Å². The van der Waals surface area contributed by atoms with Gasteiger partial charge in [-0.2, -0.15) is 0 Å². The first kappa shape index (κ1) is 7.11. The highest BCUT2D eigenvalue weighted by Crippen LogP contribution is 2.48. The van der Waals surface area contributed by atoms with E-state index in [1.54, 1.807) is 0 Å². The minimum atomic E-state index is 0.928. The van der Waals surface area contributed by atoms with Crippen LogP contribution in [-0.4, -0.2) is 0 Å². The van der Waals surface area contributed by atoms with Crippen molar-refractivity contribution in [2.24, 2.45) is 23.7 Å². The molecule has 0 spiro atoms. The average molecular weight is 126 g/mol. The first-order chi connectivity index (χ1) is 4.13. The third-order valence-corrected chi connectivity index (χ3v) is 2.60. The standard InChI is InChI=1S/C9H18/c1-6(2)8-5-9(8)7(3)4/h6-9H,5H2,1-4H3. The van der Waals surface area contributed by atoms with E-state index in [9.17, 15) is 0 Å². The molecule has 0 aromatic heterocycles. The van der Waals surface area contributed by atoms with Gasteiger partial charge in [0.1, 0.15) is 0 Å². The van der Waals surface area contributed by atoms with Crippen LogP contribution in [0.25, 0.3) is 0 Å². The highest BCUT2D eigenvalue weighted by molar-refractivity contribution is 4.89. The normalized spacial score (nSPS) is 34.0. The van der Waals surface area contributed by atoms with Gasteiger partial charge in [0.15, 0.2) is 0 Å². The lowest BCUT2D eigenvalue weighted by molar-refractivity contribution is 0.448. The molecule has 0 aliphatic heterocycles. The van der Waals surface area contributed by atoms with E-state index in [0.717, 1.165) is 23.7 Å². The largest absolute Gasteiger partial charge is 0.0625 e. The Hall–Kier alpha value is 0. The van der Waals surface area contributed by atoms with Gasteiger partial charge >= 0.3 is 0 Å². The molecule has 54 valence electrons. The molecular weight excluding hydrogens is 108 g/mol. The Kier molecular flexibility index (Phi) is 1.83. The van der Waals surface area contributed by atoms with Crippen molar-refractivity contribution in [2.75, 3.05) is 0 Å². The van der Waals surface area contributed by atoms with Crippen LogP contribution in [0.1, 0.15) is 34.1 Å². The van der Waals surface area contributed by atoms with Gasteiger partial charge in [0.25, 0.3) is 0 Å². The van der Waals surface area contributed by atoms with Crippen molar-refractivity contribution in [1.29, 1.82) is 0 Å². The van der Waals surface area contributed by atoms with Crippen molar-refractivity contribution >= 4 is 0 Å². The fraction of sp³-hybridized carbons (Fsp3) is 1.00. The molecule has 0 aromatic rings. The molecule has 0 saturated heterocycles. The van der Waals surface area contributed by atoms with Crippen LogP contribution in [0.2, 0.25) is 0 Å². The molecule has 0 heteroatoms. The molecular formula is C9H18. The predicted octanol–water partition coefficient (Wildman–Crippen LogP) is 2.93. The minimum absolute atomic E-state index is 0.928. The van der Waals surface area contributed by atoms with Gasteiger partial charge in [0, 0.05) is 0 Å². The van der Waals surface area contributed by atoms with Gasteiger partial charge in [0.2, 0.25) is 0 Å². The third-order valence-electron chi connectivity index (χ3n) is 2.60. The van der Waals surface area contributed by atoms with Crippen molar-refractivity contribution in [3.05, 3.63) is 0 Å². The Bertz CT molecular complexity index is 80.2. The topological polar surface area (TPSA) is 0 Å². The molecule has 1 fully saturated rings. The summed E-state index contributed by atoms with van der Waals surface area (Å²) in [7, 11) is 0. The molecule has 0 amide bonds. The number of hydrogen-bond acceptors (Lipinski definition) is 0. The quantitative estimate of drug-likeness (QED) is 0.533. The second kappa shape index (κ2) is 2.32. The van der Waals surface area contributed by atoms with E-state index in [2.05, 4.69) is 27.7 Å². The van der Waals surface area contributed by atoms with E-state index in [0.29, 0.717) is 0 Å². The van der Waals surface area contributed by atoms with Crippen LogP contribution in [-0.2, 0) is 0 Å². The molecule has 1 aliphatic carbocycles. The highest BCUT2D eigenvalue weighted by atomic mass is 14.5. The lowest BCUT2D eigenvalue weighted by Crippen LogP contribution is -1.97. The zero-order valence-corrected chi connectivity index (χ0v) is 7.02. The van der Waals surface area contributed by atoms with E-state index >= 15 is 0 Å².